The van der Waals surface area contributed by atoms with Crippen molar-refractivity contribution < 1.29 is 9.53 Å². The molecule has 1 saturated heterocycles. The minimum atomic E-state index is 0.0570. The minimum Gasteiger partial charge on any atom is -0.375 e. The summed E-state index contributed by atoms with van der Waals surface area (Å²) in [5, 5.41) is 0.993. The first-order valence-corrected chi connectivity index (χ1v) is 9.03. The number of ether oxygens (including phenoxy) is 1. The highest BCUT2D eigenvalue weighted by Gasteiger charge is 2.24. The van der Waals surface area contributed by atoms with Gasteiger partial charge in [0, 0.05) is 66.9 Å². The van der Waals surface area contributed by atoms with Crippen LogP contribution < -0.4 is 0 Å². The van der Waals surface area contributed by atoms with E-state index in [1.165, 1.54) is 6.33 Å². The Hall–Kier alpha value is -2.93. The molecule has 27 heavy (non-hydrogen) atoms. The van der Waals surface area contributed by atoms with E-state index in [1.807, 2.05) is 11.1 Å². The number of carbonyl (C=O) groups is 1. The van der Waals surface area contributed by atoms with Crippen LogP contribution in [0.1, 0.15) is 24.5 Å². The fourth-order valence-electron chi connectivity index (χ4n) is 3.50. The molecule has 3 aromatic rings. The summed E-state index contributed by atoms with van der Waals surface area (Å²) in [6.45, 7) is 1.64. The number of likely N-dealkylation sites (tertiary alicyclic amines) is 1. The molecule has 1 fully saturated rings. The van der Waals surface area contributed by atoms with Crippen LogP contribution in [0.15, 0.2) is 43.1 Å². The topological polar surface area (TPSA) is 81.1 Å². The predicted molar refractivity (Wildman–Crippen MR) is 101 cm³/mol. The Kier molecular flexibility index (Phi) is 5.02. The lowest BCUT2D eigenvalue weighted by atomic mass is 9.92. The van der Waals surface area contributed by atoms with Crippen LogP contribution in [0.4, 0.5) is 0 Å². The number of fused-ring (bicyclic) bond motifs is 1. The molecular weight excluding hydrogens is 342 g/mol. The number of pyridine rings is 2. The lowest BCUT2D eigenvalue weighted by Gasteiger charge is -2.31. The van der Waals surface area contributed by atoms with Gasteiger partial charge in [-0.25, -0.2) is 19.9 Å². The van der Waals surface area contributed by atoms with Crippen LogP contribution in [-0.4, -0.2) is 57.5 Å². The zero-order valence-electron chi connectivity index (χ0n) is 15.2. The summed E-state index contributed by atoms with van der Waals surface area (Å²) in [5.74, 6) is 0.409. The molecule has 4 rings (SSSR count). The zero-order chi connectivity index (χ0) is 18.6. The first-order valence-electron chi connectivity index (χ1n) is 9.03. The van der Waals surface area contributed by atoms with Gasteiger partial charge in [0.2, 0.25) is 5.91 Å². The monoisotopic (exact) mass is 363 g/mol. The highest BCUT2D eigenvalue weighted by atomic mass is 16.5. The molecule has 1 aliphatic rings. The lowest BCUT2D eigenvalue weighted by Crippen LogP contribution is -2.39. The van der Waals surface area contributed by atoms with Gasteiger partial charge in [-0.1, -0.05) is 0 Å². The van der Waals surface area contributed by atoms with E-state index in [4.69, 9.17) is 9.72 Å². The molecule has 138 valence electrons. The molecule has 0 radical (unpaired) electrons. The highest BCUT2D eigenvalue weighted by Crippen LogP contribution is 2.28. The molecule has 0 atom stereocenters. The number of nitrogens with zero attached hydrogens (tertiary/aromatic N) is 5. The van der Waals surface area contributed by atoms with Gasteiger partial charge in [0.05, 0.1) is 0 Å². The van der Waals surface area contributed by atoms with E-state index in [2.05, 4.69) is 33.2 Å². The molecule has 0 aromatic carbocycles. The Morgan fingerprint density at radius 3 is 2.67 bits per heavy atom. The van der Waals surface area contributed by atoms with Gasteiger partial charge in [0.25, 0.3) is 0 Å². The molecule has 0 unspecified atom stereocenters. The Morgan fingerprint density at radius 2 is 1.93 bits per heavy atom. The SMILES string of the molecule is COCC(=O)N1CCC(c2ccc3cc(-c4cncnc4)cnc3n2)CC1. The largest absolute Gasteiger partial charge is 0.375 e. The maximum atomic E-state index is 11.9. The Labute approximate surface area is 157 Å². The van der Waals surface area contributed by atoms with Crippen molar-refractivity contribution >= 4 is 16.9 Å². The number of rotatable bonds is 4. The van der Waals surface area contributed by atoms with E-state index in [9.17, 15) is 4.79 Å². The molecule has 1 aliphatic heterocycles. The van der Waals surface area contributed by atoms with Crippen LogP contribution in [-0.2, 0) is 9.53 Å². The molecular formula is C20H21N5O2. The second kappa shape index (κ2) is 7.75. The summed E-state index contributed by atoms with van der Waals surface area (Å²) in [7, 11) is 1.55. The van der Waals surface area contributed by atoms with Crippen molar-refractivity contribution in [3.63, 3.8) is 0 Å². The fraction of sp³-hybridized carbons (Fsp3) is 0.350. The number of hydrogen-bond acceptors (Lipinski definition) is 6. The van der Waals surface area contributed by atoms with Gasteiger partial charge >= 0.3 is 0 Å². The Bertz CT molecular complexity index is 940. The van der Waals surface area contributed by atoms with Gasteiger partial charge in [-0.05, 0) is 31.0 Å². The fourth-order valence-corrected chi connectivity index (χ4v) is 3.50. The second-order valence-electron chi connectivity index (χ2n) is 6.72. The quantitative estimate of drug-likeness (QED) is 0.708. The normalized spacial score (nSPS) is 15.2. The summed E-state index contributed by atoms with van der Waals surface area (Å²) < 4.78 is 4.94. The average Bonchev–Trinajstić information content (AvgIpc) is 2.74. The third-order valence-electron chi connectivity index (χ3n) is 4.99. The smallest absolute Gasteiger partial charge is 0.248 e. The number of amides is 1. The Balaban J connectivity index is 1.50. The van der Waals surface area contributed by atoms with Gasteiger partial charge < -0.3 is 9.64 Å². The highest BCUT2D eigenvalue weighted by molar-refractivity contribution is 5.80. The second-order valence-corrected chi connectivity index (χ2v) is 6.72. The molecule has 4 heterocycles. The number of hydrogen-bond donors (Lipinski definition) is 0. The summed E-state index contributed by atoms with van der Waals surface area (Å²) in [6.07, 6.45) is 8.69. The molecule has 3 aromatic heterocycles. The number of methoxy groups -OCH3 is 1. The first-order chi connectivity index (χ1) is 13.2. The number of aromatic nitrogens is 4. The zero-order valence-corrected chi connectivity index (χ0v) is 15.2. The predicted octanol–water partition coefficient (Wildman–Crippen LogP) is 2.44. The van der Waals surface area contributed by atoms with Crippen molar-refractivity contribution in [3.05, 3.63) is 48.8 Å². The summed E-state index contributed by atoms with van der Waals surface area (Å²) >= 11 is 0. The van der Waals surface area contributed by atoms with E-state index in [-0.39, 0.29) is 12.5 Å². The van der Waals surface area contributed by atoms with Crippen LogP contribution >= 0.6 is 0 Å². The van der Waals surface area contributed by atoms with Gasteiger partial charge in [-0.15, -0.1) is 0 Å². The summed E-state index contributed by atoms with van der Waals surface area (Å²) in [4.78, 5) is 31.2. The standard InChI is InChI=1S/C20H21N5O2/c1-27-12-19(26)25-6-4-14(5-7-25)18-3-2-15-8-16(11-23-20(15)24-18)17-9-21-13-22-10-17/h2-3,8-11,13-14H,4-7,12H2,1H3. The van der Waals surface area contributed by atoms with Crippen molar-refractivity contribution in [2.45, 2.75) is 18.8 Å². The average molecular weight is 363 g/mol. The van der Waals surface area contributed by atoms with Crippen LogP contribution in [0.5, 0.6) is 0 Å². The van der Waals surface area contributed by atoms with E-state index >= 15 is 0 Å². The van der Waals surface area contributed by atoms with E-state index in [1.54, 1.807) is 19.5 Å². The van der Waals surface area contributed by atoms with Crippen molar-refractivity contribution in [2.24, 2.45) is 0 Å². The van der Waals surface area contributed by atoms with Gasteiger partial charge in [0.1, 0.15) is 12.9 Å². The molecule has 0 spiro atoms. The molecule has 0 saturated carbocycles. The molecule has 0 aliphatic carbocycles. The van der Waals surface area contributed by atoms with Crippen molar-refractivity contribution in [1.29, 1.82) is 0 Å². The molecule has 0 bridgehead atoms. The summed E-state index contributed by atoms with van der Waals surface area (Å²) in [6, 6.07) is 6.21. The first kappa shape index (κ1) is 17.5. The molecule has 0 N–H and O–H groups in total. The van der Waals surface area contributed by atoms with Gasteiger partial charge in [-0.3, -0.25) is 4.79 Å². The molecule has 1 amide bonds. The van der Waals surface area contributed by atoms with E-state index in [0.29, 0.717) is 5.92 Å². The lowest BCUT2D eigenvalue weighted by molar-refractivity contribution is -0.136. The van der Waals surface area contributed by atoms with E-state index < -0.39 is 0 Å². The van der Waals surface area contributed by atoms with Crippen molar-refractivity contribution in [2.75, 3.05) is 26.8 Å². The third kappa shape index (κ3) is 3.78. The van der Waals surface area contributed by atoms with Crippen LogP contribution in [0.25, 0.3) is 22.2 Å². The Morgan fingerprint density at radius 1 is 1.15 bits per heavy atom. The maximum absolute atomic E-state index is 11.9. The number of carbonyl (C=O) groups excluding carboxylic acids is 1. The van der Waals surface area contributed by atoms with Crippen molar-refractivity contribution in [3.8, 4) is 11.1 Å². The molecule has 7 nitrogen and oxygen atoms in total. The van der Waals surface area contributed by atoms with Crippen LogP contribution in [0.2, 0.25) is 0 Å². The third-order valence-corrected chi connectivity index (χ3v) is 4.99. The maximum Gasteiger partial charge on any atom is 0.248 e. The summed E-state index contributed by atoms with van der Waals surface area (Å²) in [5.41, 5.74) is 3.70. The minimum absolute atomic E-state index is 0.0570. The van der Waals surface area contributed by atoms with Crippen LogP contribution in [0, 0.1) is 0 Å². The van der Waals surface area contributed by atoms with Crippen LogP contribution in [0.3, 0.4) is 0 Å². The number of piperidine rings is 1. The molecule has 7 heteroatoms. The van der Waals surface area contributed by atoms with Crippen molar-refractivity contribution in [1.82, 2.24) is 24.8 Å². The van der Waals surface area contributed by atoms with Gasteiger partial charge in [-0.2, -0.15) is 0 Å². The van der Waals surface area contributed by atoms with E-state index in [0.717, 1.165) is 53.8 Å². The van der Waals surface area contributed by atoms with Gasteiger partial charge in [0.15, 0.2) is 5.65 Å².